The summed E-state index contributed by atoms with van der Waals surface area (Å²) in [7, 11) is 1.59. The van der Waals surface area contributed by atoms with Gasteiger partial charge in [0.15, 0.2) is 0 Å². The van der Waals surface area contributed by atoms with Crippen LogP contribution in [0.2, 0.25) is 0 Å². The van der Waals surface area contributed by atoms with E-state index in [1.54, 1.807) is 7.11 Å². The van der Waals surface area contributed by atoms with Crippen molar-refractivity contribution in [2.75, 3.05) is 26.7 Å². The van der Waals surface area contributed by atoms with Crippen molar-refractivity contribution in [1.29, 1.82) is 0 Å². The molecule has 4 nitrogen and oxygen atoms in total. The molecule has 41 heavy (non-hydrogen) atoms. The highest BCUT2D eigenvalue weighted by Gasteiger charge is 2.37. The number of fused-ring (bicyclic) bond motifs is 1. The second-order valence-corrected chi connectivity index (χ2v) is 10.7. The van der Waals surface area contributed by atoms with Gasteiger partial charge in [0.25, 0.3) is 0 Å². The molecule has 0 amide bonds. The molecule has 3 aromatic rings. The van der Waals surface area contributed by atoms with Crippen LogP contribution in [0.4, 0.5) is 26.3 Å². The fourth-order valence-corrected chi connectivity index (χ4v) is 6.03. The van der Waals surface area contributed by atoms with Crippen LogP contribution in [-0.2, 0) is 32.0 Å². The standard InChI is InChI=1S/C31H33F6N3O/c1-41-29-9-5-4-8-27(29)28(18-38-17-21-14-24(30(32,33)34)16-25(15-21)31(35,36)37)39-12-10-26(11-13-39)40-19-22-6-2-3-7-23(22)20-40/h2-9,14-16,26,28,38H,10-13,17-20H2,1H3. The van der Waals surface area contributed by atoms with Crippen molar-refractivity contribution in [1.82, 2.24) is 15.1 Å². The number of alkyl halides is 6. The third-order valence-electron chi connectivity index (χ3n) is 8.13. The number of benzene rings is 3. The highest BCUT2D eigenvalue weighted by molar-refractivity contribution is 5.37. The Morgan fingerprint density at radius 1 is 0.829 bits per heavy atom. The van der Waals surface area contributed by atoms with Gasteiger partial charge in [-0.15, -0.1) is 0 Å². The van der Waals surface area contributed by atoms with Crippen molar-refractivity contribution >= 4 is 0 Å². The number of methoxy groups -OCH3 is 1. The number of hydrogen-bond acceptors (Lipinski definition) is 4. The van der Waals surface area contributed by atoms with Crippen molar-refractivity contribution < 1.29 is 31.1 Å². The predicted octanol–water partition coefficient (Wildman–Crippen LogP) is 7.04. The Morgan fingerprint density at radius 2 is 1.39 bits per heavy atom. The molecule has 0 bridgehead atoms. The lowest BCUT2D eigenvalue weighted by atomic mass is 9.97. The summed E-state index contributed by atoms with van der Waals surface area (Å²) in [5.74, 6) is 0.690. The molecule has 0 aromatic heterocycles. The second kappa shape index (κ2) is 12.0. The Morgan fingerprint density at radius 3 is 1.95 bits per heavy atom. The maximum Gasteiger partial charge on any atom is 0.416 e. The van der Waals surface area contributed by atoms with Gasteiger partial charge in [-0.3, -0.25) is 9.80 Å². The maximum atomic E-state index is 13.3. The normalized spacial score (nSPS) is 17.9. The van der Waals surface area contributed by atoms with E-state index in [0.717, 1.165) is 56.7 Å². The molecule has 0 radical (unpaired) electrons. The molecule has 5 rings (SSSR count). The molecule has 2 aliphatic rings. The topological polar surface area (TPSA) is 27.7 Å². The Kier molecular flexibility index (Phi) is 8.63. The van der Waals surface area contributed by atoms with Gasteiger partial charge in [0, 0.05) is 50.9 Å². The van der Waals surface area contributed by atoms with Gasteiger partial charge in [-0.1, -0.05) is 42.5 Å². The lowest BCUT2D eigenvalue weighted by Gasteiger charge is -2.41. The van der Waals surface area contributed by atoms with Crippen LogP contribution in [0, 0.1) is 0 Å². The Balaban J connectivity index is 1.29. The van der Waals surface area contributed by atoms with Crippen molar-refractivity contribution in [3.8, 4) is 5.75 Å². The summed E-state index contributed by atoms with van der Waals surface area (Å²) in [5, 5.41) is 3.14. The lowest BCUT2D eigenvalue weighted by molar-refractivity contribution is -0.143. The van der Waals surface area contributed by atoms with E-state index < -0.39 is 23.5 Å². The number of nitrogens with zero attached hydrogens (tertiary/aromatic N) is 2. The molecule has 0 saturated carbocycles. The number of para-hydroxylation sites is 1. The minimum Gasteiger partial charge on any atom is -0.496 e. The monoisotopic (exact) mass is 577 g/mol. The fraction of sp³-hybridized carbons (Fsp3) is 0.419. The summed E-state index contributed by atoms with van der Waals surface area (Å²) in [4.78, 5) is 4.85. The van der Waals surface area contributed by atoms with Gasteiger partial charge in [-0.25, -0.2) is 0 Å². The van der Waals surface area contributed by atoms with Crippen molar-refractivity contribution in [2.45, 2.75) is 56.9 Å². The van der Waals surface area contributed by atoms with Gasteiger partial charge in [-0.2, -0.15) is 26.3 Å². The molecule has 0 spiro atoms. The number of nitrogens with one attached hydrogen (secondary N) is 1. The average molecular weight is 578 g/mol. The zero-order valence-corrected chi connectivity index (χ0v) is 22.7. The first kappa shape index (κ1) is 29.4. The largest absolute Gasteiger partial charge is 0.496 e. The van der Waals surface area contributed by atoms with E-state index in [0.29, 0.717) is 18.3 Å². The van der Waals surface area contributed by atoms with Crippen molar-refractivity contribution in [2.24, 2.45) is 0 Å². The Bertz CT molecular complexity index is 1280. The molecular formula is C31H33F6N3O. The van der Waals surface area contributed by atoms with Crippen LogP contribution in [0.1, 0.15) is 52.3 Å². The summed E-state index contributed by atoms with van der Waals surface area (Å²) in [6, 6.07) is 18.1. The quantitative estimate of drug-likeness (QED) is 0.291. The van der Waals surface area contributed by atoms with Crippen LogP contribution in [-0.4, -0.2) is 42.6 Å². The SMILES string of the molecule is COc1ccccc1C(CNCc1cc(C(F)(F)F)cc(C(F)(F)F)c1)N1CCC(N2Cc3ccccc3C2)CC1. The number of rotatable bonds is 8. The summed E-state index contributed by atoms with van der Waals surface area (Å²) in [6.45, 7) is 3.69. The van der Waals surface area contributed by atoms with Gasteiger partial charge >= 0.3 is 12.4 Å². The first-order valence-electron chi connectivity index (χ1n) is 13.7. The summed E-state index contributed by atoms with van der Waals surface area (Å²) in [5.41, 5.74) is 0.976. The molecule has 1 atom stereocenters. The highest BCUT2D eigenvalue weighted by Crippen LogP contribution is 2.37. The predicted molar refractivity (Wildman–Crippen MR) is 144 cm³/mol. The fourth-order valence-electron chi connectivity index (χ4n) is 6.03. The van der Waals surface area contributed by atoms with Crippen LogP contribution in [0.5, 0.6) is 5.75 Å². The van der Waals surface area contributed by atoms with E-state index in [2.05, 4.69) is 39.4 Å². The Labute approximate surface area is 235 Å². The van der Waals surface area contributed by atoms with Gasteiger partial charge in [0.1, 0.15) is 5.75 Å². The minimum atomic E-state index is -4.88. The van der Waals surface area contributed by atoms with Crippen LogP contribution < -0.4 is 10.1 Å². The third-order valence-corrected chi connectivity index (χ3v) is 8.13. The van der Waals surface area contributed by atoms with E-state index in [1.807, 2.05) is 24.3 Å². The van der Waals surface area contributed by atoms with Gasteiger partial charge in [-0.05, 0) is 53.8 Å². The van der Waals surface area contributed by atoms with Crippen LogP contribution >= 0.6 is 0 Å². The van der Waals surface area contributed by atoms with Gasteiger partial charge in [0.2, 0.25) is 0 Å². The second-order valence-electron chi connectivity index (χ2n) is 10.7. The molecule has 0 aliphatic carbocycles. The molecule has 3 aromatic carbocycles. The first-order chi connectivity index (χ1) is 19.5. The maximum absolute atomic E-state index is 13.3. The molecular weight excluding hydrogens is 544 g/mol. The molecule has 1 N–H and O–H groups in total. The minimum absolute atomic E-state index is 0.0711. The lowest BCUT2D eigenvalue weighted by Crippen LogP contribution is -2.46. The smallest absolute Gasteiger partial charge is 0.416 e. The molecule has 1 fully saturated rings. The van der Waals surface area contributed by atoms with Gasteiger partial charge in [0.05, 0.1) is 24.3 Å². The zero-order valence-electron chi connectivity index (χ0n) is 22.7. The van der Waals surface area contributed by atoms with Crippen LogP contribution in [0.15, 0.2) is 66.7 Å². The highest BCUT2D eigenvalue weighted by atomic mass is 19.4. The van der Waals surface area contributed by atoms with E-state index in [4.69, 9.17) is 4.74 Å². The van der Waals surface area contributed by atoms with E-state index >= 15 is 0 Å². The molecule has 10 heteroatoms. The van der Waals surface area contributed by atoms with Crippen molar-refractivity contribution in [3.63, 3.8) is 0 Å². The molecule has 220 valence electrons. The average Bonchev–Trinajstić information content (AvgIpc) is 3.39. The van der Waals surface area contributed by atoms with E-state index in [9.17, 15) is 26.3 Å². The van der Waals surface area contributed by atoms with Gasteiger partial charge < -0.3 is 10.1 Å². The van der Waals surface area contributed by atoms with Crippen molar-refractivity contribution in [3.05, 3.63) is 100 Å². The molecule has 2 heterocycles. The molecule has 1 unspecified atom stereocenters. The third kappa shape index (κ3) is 6.88. The van der Waals surface area contributed by atoms with Crippen LogP contribution in [0.25, 0.3) is 0 Å². The number of ether oxygens (including phenoxy) is 1. The first-order valence-corrected chi connectivity index (χ1v) is 13.7. The molecule has 1 saturated heterocycles. The number of hydrogen-bond donors (Lipinski definition) is 1. The zero-order chi connectivity index (χ0) is 29.2. The van der Waals surface area contributed by atoms with E-state index in [1.165, 1.54) is 11.1 Å². The van der Waals surface area contributed by atoms with E-state index in [-0.39, 0.29) is 24.2 Å². The summed E-state index contributed by atoms with van der Waals surface area (Å²) < 4.78 is 85.7. The van der Waals surface area contributed by atoms with Crippen LogP contribution in [0.3, 0.4) is 0 Å². The summed E-state index contributed by atoms with van der Waals surface area (Å²) >= 11 is 0. The molecule has 2 aliphatic heterocycles. The number of halogens is 6. The summed E-state index contributed by atoms with van der Waals surface area (Å²) in [6.07, 6.45) is -7.83. The number of piperidine rings is 1. The number of likely N-dealkylation sites (tertiary alicyclic amines) is 1. The Hall–Kier alpha value is -3.08.